The van der Waals surface area contributed by atoms with Gasteiger partial charge in [-0.3, -0.25) is 4.79 Å². The van der Waals surface area contributed by atoms with E-state index in [0.29, 0.717) is 36.8 Å². The van der Waals surface area contributed by atoms with Crippen LogP contribution in [-0.2, 0) is 11.3 Å². The summed E-state index contributed by atoms with van der Waals surface area (Å²) in [6.07, 6.45) is 1.87. The zero-order chi connectivity index (χ0) is 20.6. The van der Waals surface area contributed by atoms with Crippen LogP contribution in [-0.4, -0.2) is 43.8 Å². The molecule has 29 heavy (non-hydrogen) atoms. The largest absolute Gasteiger partial charge is 0.477 e. The van der Waals surface area contributed by atoms with Crippen LogP contribution in [0.15, 0.2) is 30.3 Å². The van der Waals surface area contributed by atoms with Gasteiger partial charge in [0.15, 0.2) is 0 Å². The molecular formula is C22H28FN3O3. The third kappa shape index (κ3) is 5.67. The first-order chi connectivity index (χ1) is 14.1. The Bertz CT molecular complexity index is 838. The molecule has 1 amide bonds. The van der Waals surface area contributed by atoms with Crippen molar-refractivity contribution in [3.05, 3.63) is 52.8 Å². The monoisotopic (exact) mass is 401 g/mol. The van der Waals surface area contributed by atoms with Crippen molar-refractivity contribution in [2.75, 3.05) is 37.8 Å². The van der Waals surface area contributed by atoms with E-state index in [9.17, 15) is 9.18 Å². The van der Waals surface area contributed by atoms with Crippen LogP contribution in [0.25, 0.3) is 0 Å². The van der Waals surface area contributed by atoms with Crippen LogP contribution >= 0.6 is 0 Å². The van der Waals surface area contributed by atoms with Gasteiger partial charge in [0.2, 0.25) is 5.88 Å². The number of anilines is 1. The van der Waals surface area contributed by atoms with Gasteiger partial charge in [-0.25, -0.2) is 4.39 Å². The van der Waals surface area contributed by atoms with Crippen LogP contribution in [0.1, 0.15) is 41.3 Å². The lowest BCUT2D eigenvalue weighted by Gasteiger charge is -2.28. The number of halogens is 1. The number of unbranched alkanes of at least 4 members (excludes halogenated alkanes) is 1. The van der Waals surface area contributed by atoms with Gasteiger partial charge in [-0.05, 0) is 42.7 Å². The van der Waals surface area contributed by atoms with Crippen molar-refractivity contribution in [3.63, 3.8) is 0 Å². The van der Waals surface area contributed by atoms with Crippen molar-refractivity contribution >= 4 is 11.7 Å². The number of pyridine rings is 1. The minimum atomic E-state index is -0.326. The van der Waals surface area contributed by atoms with Crippen molar-refractivity contribution in [1.82, 2.24) is 10.3 Å². The summed E-state index contributed by atoms with van der Waals surface area (Å²) in [5, 5.41) is 2.85. The first-order valence-corrected chi connectivity index (χ1v) is 10.1. The smallest absolute Gasteiger partial charge is 0.257 e. The lowest BCUT2D eigenvalue weighted by Crippen LogP contribution is -2.37. The van der Waals surface area contributed by atoms with Crippen molar-refractivity contribution in [2.24, 2.45) is 0 Å². The average molecular weight is 401 g/mol. The van der Waals surface area contributed by atoms with Crippen molar-refractivity contribution in [3.8, 4) is 5.88 Å². The van der Waals surface area contributed by atoms with E-state index >= 15 is 0 Å². The van der Waals surface area contributed by atoms with Crippen molar-refractivity contribution < 1.29 is 18.7 Å². The van der Waals surface area contributed by atoms with Gasteiger partial charge >= 0.3 is 0 Å². The van der Waals surface area contributed by atoms with E-state index in [0.717, 1.165) is 37.3 Å². The maximum atomic E-state index is 13.4. The highest BCUT2D eigenvalue weighted by Gasteiger charge is 2.22. The molecule has 1 aromatic heterocycles. The SMILES string of the molecule is CCCCOc1nc(N2CCOCC2)cc(C)c1C(=O)NCc1cccc(F)c1. The number of ether oxygens (including phenoxy) is 2. The minimum Gasteiger partial charge on any atom is -0.477 e. The van der Waals surface area contributed by atoms with E-state index in [1.54, 1.807) is 12.1 Å². The highest BCUT2D eigenvalue weighted by molar-refractivity contribution is 5.98. The van der Waals surface area contributed by atoms with Crippen molar-refractivity contribution in [2.45, 2.75) is 33.2 Å². The number of hydrogen-bond acceptors (Lipinski definition) is 5. The van der Waals surface area contributed by atoms with Crippen LogP contribution in [0, 0.1) is 12.7 Å². The molecule has 0 atom stereocenters. The fraction of sp³-hybridized carbons (Fsp3) is 0.455. The van der Waals surface area contributed by atoms with Gasteiger partial charge in [0, 0.05) is 19.6 Å². The fourth-order valence-electron chi connectivity index (χ4n) is 3.19. The summed E-state index contributed by atoms with van der Waals surface area (Å²) in [6.45, 7) is 7.52. The quantitative estimate of drug-likeness (QED) is 0.686. The van der Waals surface area contributed by atoms with E-state index < -0.39 is 0 Å². The lowest BCUT2D eigenvalue weighted by molar-refractivity contribution is 0.0945. The number of amides is 1. The summed E-state index contributed by atoms with van der Waals surface area (Å²) in [5.74, 6) is 0.531. The Morgan fingerprint density at radius 2 is 2.10 bits per heavy atom. The third-order valence-electron chi connectivity index (χ3n) is 4.81. The molecule has 3 rings (SSSR count). The number of hydrogen-bond donors (Lipinski definition) is 1. The molecule has 1 N–H and O–H groups in total. The van der Waals surface area contributed by atoms with E-state index in [4.69, 9.17) is 9.47 Å². The molecule has 7 heteroatoms. The Kier molecular flexibility index (Phi) is 7.41. The highest BCUT2D eigenvalue weighted by atomic mass is 19.1. The molecule has 0 aliphatic carbocycles. The minimum absolute atomic E-state index is 0.232. The number of benzene rings is 1. The number of nitrogens with one attached hydrogen (secondary N) is 1. The normalized spacial score (nSPS) is 14.0. The van der Waals surface area contributed by atoms with Gasteiger partial charge in [0.1, 0.15) is 17.2 Å². The number of morpholine rings is 1. The Morgan fingerprint density at radius 1 is 1.31 bits per heavy atom. The van der Waals surface area contributed by atoms with Gasteiger partial charge in [0.05, 0.1) is 19.8 Å². The van der Waals surface area contributed by atoms with Crippen LogP contribution < -0.4 is 15.0 Å². The zero-order valence-corrected chi connectivity index (χ0v) is 17.0. The van der Waals surface area contributed by atoms with Gasteiger partial charge in [0.25, 0.3) is 5.91 Å². The second-order valence-corrected chi connectivity index (χ2v) is 7.09. The number of carbonyl (C=O) groups is 1. The summed E-state index contributed by atoms with van der Waals surface area (Å²) in [6, 6.07) is 8.10. The molecule has 1 aliphatic heterocycles. The summed E-state index contributed by atoms with van der Waals surface area (Å²) in [5.41, 5.74) is 1.92. The predicted molar refractivity (Wildman–Crippen MR) is 110 cm³/mol. The predicted octanol–water partition coefficient (Wildman–Crippen LogP) is 3.47. The molecule has 6 nitrogen and oxygen atoms in total. The third-order valence-corrected chi connectivity index (χ3v) is 4.81. The number of aromatic nitrogens is 1. The Labute approximate surface area is 171 Å². The molecule has 2 aromatic rings. The molecule has 1 fully saturated rings. The zero-order valence-electron chi connectivity index (χ0n) is 17.0. The molecule has 0 saturated carbocycles. The highest BCUT2D eigenvalue weighted by Crippen LogP contribution is 2.26. The summed E-state index contributed by atoms with van der Waals surface area (Å²) >= 11 is 0. The number of carbonyl (C=O) groups excluding carboxylic acids is 1. The molecule has 0 spiro atoms. The summed E-state index contributed by atoms with van der Waals surface area (Å²) in [4.78, 5) is 19.7. The Hall–Kier alpha value is -2.67. The number of nitrogens with zero attached hydrogens (tertiary/aromatic N) is 2. The number of rotatable bonds is 8. The van der Waals surface area contributed by atoms with Gasteiger partial charge in [-0.15, -0.1) is 0 Å². The molecule has 1 aromatic carbocycles. The fourth-order valence-corrected chi connectivity index (χ4v) is 3.19. The van der Waals surface area contributed by atoms with Gasteiger partial charge in [-0.2, -0.15) is 4.98 Å². The standard InChI is InChI=1S/C22H28FN3O3/c1-3-4-10-29-22-20(21(27)24-15-17-6-5-7-18(23)14-17)16(2)13-19(25-22)26-8-11-28-12-9-26/h5-7,13-14H,3-4,8-12,15H2,1-2H3,(H,24,27). The molecule has 0 radical (unpaired) electrons. The molecule has 1 aliphatic rings. The van der Waals surface area contributed by atoms with E-state index in [1.165, 1.54) is 12.1 Å². The van der Waals surface area contributed by atoms with E-state index in [1.807, 2.05) is 13.0 Å². The summed E-state index contributed by atoms with van der Waals surface area (Å²) < 4.78 is 24.7. The van der Waals surface area contributed by atoms with Crippen LogP contribution in [0.2, 0.25) is 0 Å². The maximum absolute atomic E-state index is 13.4. The van der Waals surface area contributed by atoms with Crippen LogP contribution in [0.5, 0.6) is 5.88 Å². The number of aryl methyl sites for hydroxylation is 1. The lowest BCUT2D eigenvalue weighted by atomic mass is 10.1. The second kappa shape index (κ2) is 10.2. The van der Waals surface area contributed by atoms with E-state index in [-0.39, 0.29) is 18.3 Å². The summed E-state index contributed by atoms with van der Waals surface area (Å²) in [7, 11) is 0. The van der Waals surface area contributed by atoms with Crippen molar-refractivity contribution in [1.29, 1.82) is 0 Å². The Balaban J connectivity index is 1.81. The average Bonchev–Trinajstić information content (AvgIpc) is 2.72. The topological polar surface area (TPSA) is 63.7 Å². The molecule has 1 saturated heterocycles. The molecule has 0 unspecified atom stereocenters. The van der Waals surface area contributed by atoms with Gasteiger partial charge < -0.3 is 19.7 Å². The molecule has 0 bridgehead atoms. The van der Waals surface area contributed by atoms with Crippen LogP contribution in [0.3, 0.4) is 0 Å². The maximum Gasteiger partial charge on any atom is 0.257 e. The van der Waals surface area contributed by atoms with Gasteiger partial charge in [-0.1, -0.05) is 25.5 Å². The molecule has 156 valence electrons. The molecular weight excluding hydrogens is 373 g/mol. The first-order valence-electron chi connectivity index (χ1n) is 10.1. The second-order valence-electron chi connectivity index (χ2n) is 7.09. The Morgan fingerprint density at radius 3 is 2.83 bits per heavy atom. The first kappa shape index (κ1) is 21.0. The van der Waals surface area contributed by atoms with E-state index in [2.05, 4.69) is 22.1 Å². The van der Waals surface area contributed by atoms with Crippen LogP contribution in [0.4, 0.5) is 10.2 Å². The molecule has 2 heterocycles.